The third-order valence-electron chi connectivity index (χ3n) is 3.78. The average Bonchev–Trinajstić information content (AvgIpc) is 2.40. The van der Waals surface area contributed by atoms with Gasteiger partial charge in [-0.1, -0.05) is 0 Å². The second kappa shape index (κ2) is 12.4. The van der Waals surface area contributed by atoms with E-state index in [1.807, 2.05) is 0 Å². The third-order valence-corrected chi connectivity index (χ3v) is 18.2. The number of unbranched alkanes of at least 4 members (excludes halogenated alkanes) is 3. The molecule has 0 aromatic carbocycles. The van der Waals surface area contributed by atoms with E-state index >= 15 is 0 Å². The predicted octanol–water partition coefficient (Wildman–Crippen LogP) is 5.02. The van der Waals surface area contributed by atoms with E-state index in [0.29, 0.717) is 6.61 Å². The Labute approximate surface area is 119 Å². The van der Waals surface area contributed by atoms with E-state index < -0.39 is 18.4 Å². The summed E-state index contributed by atoms with van der Waals surface area (Å²) in [5, 5.41) is 0. The van der Waals surface area contributed by atoms with Crippen molar-refractivity contribution in [2.75, 3.05) is 11.2 Å². The van der Waals surface area contributed by atoms with Gasteiger partial charge in [-0.2, -0.15) is 0 Å². The van der Waals surface area contributed by atoms with E-state index in [9.17, 15) is 0 Å². The first-order valence-corrected chi connectivity index (χ1v) is 15.8. The molecule has 1 nitrogen and oxygen atoms in total. The van der Waals surface area contributed by atoms with Crippen molar-refractivity contribution in [3.63, 3.8) is 0 Å². The maximum absolute atomic E-state index is 5.80. The molecule has 0 spiro atoms. The molecule has 0 aromatic heterocycles. The van der Waals surface area contributed by atoms with Crippen LogP contribution >= 0.6 is 0 Å². The summed E-state index contributed by atoms with van der Waals surface area (Å²) in [4.78, 5) is 0. The monoisotopic (exact) mass is 360 g/mol. The van der Waals surface area contributed by atoms with Gasteiger partial charge in [0.1, 0.15) is 0 Å². The summed E-state index contributed by atoms with van der Waals surface area (Å²) in [6.45, 7) is 7.43. The Morgan fingerprint density at radius 1 is 0.889 bits per heavy atom. The maximum atomic E-state index is 5.80. The van der Waals surface area contributed by atoms with Crippen molar-refractivity contribution in [3.05, 3.63) is 0 Å². The van der Waals surface area contributed by atoms with Crippen molar-refractivity contribution < 1.29 is 4.74 Å². The molecule has 0 rings (SSSR count). The van der Waals surface area contributed by atoms with Crippen LogP contribution in [0.5, 0.6) is 0 Å². The minimum atomic E-state index is -2.03. The molecule has 0 heterocycles. The van der Waals surface area contributed by atoms with Crippen molar-refractivity contribution in [1.29, 1.82) is 0 Å². The van der Waals surface area contributed by atoms with E-state index in [2.05, 4.69) is 26.7 Å². The molecule has 0 N–H and O–H groups in total. The summed E-state index contributed by atoms with van der Waals surface area (Å²) in [5.74, 6) is 2.62. The van der Waals surface area contributed by atoms with E-state index in [1.165, 1.54) is 51.8 Å². The Hall–Kier alpha value is 0.319. The molecule has 0 aromatic rings. The number of terminal acetylenes is 1. The molecular formula is C16H32OSn. The average molecular weight is 359 g/mol. The van der Waals surface area contributed by atoms with Gasteiger partial charge in [0.2, 0.25) is 0 Å². The molecule has 0 radical (unpaired) electrons. The predicted molar refractivity (Wildman–Crippen MR) is 84.6 cm³/mol. The van der Waals surface area contributed by atoms with Crippen LogP contribution in [-0.2, 0) is 4.74 Å². The SMILES string of the molecule is C#CCO[CH2][Sn]([CH2]CCC)([CH2]CCC)[CH2]CCC. The Bertz CT molecular complexity index is 198. The number of rotatable bonds is 12. The van der Waals surface area contributed by atoms with Crippen molar-refractivity contribution in [2.24, 2.45) is 0 Å². The van der Waals surface area contributed by atoms with Gasteiger partial charge in [0, 0.05) is 0 Å². The molecular weight excluding hydrogens is 327 g/mol. The van der Waals surface area contributed by atoms with Gasteiger partial charge in [0.15, 0.2) is 0 Å². The Kier molecular flexibility index (Phi) is 12.6. The first-order chi connectivity index (χ1) is 8.74. The molecule has 0 unspecified atom stereocenters. The van der Waals surface area contributed by atoms with Gasteiger partial charge in [0.25, 0.3) is 0 Å². The van der Waals surface area contributed by atoms with Crippen molar-refractivity contribution >= 4 is 18.4 Å². The quantitative estimate of drug-likeness (QED) is 0.270. The zero-order chi connectivity index (χ0) is 13.7. The molecule has 0 atom stereocenters. The summed E-state index contributed by atoms with van der Waals surface area (Å²) in [5.41, 5.74) is 0. The summed E-state index contributed by atoms with van der Waals surface area (Å²) < 4.78 is 11.4. The van der Waals surface area contributed by atoms with Crippen molar-refractivity contribution in [2.45, 2.75) is 72.6 Å². The van der Waals surface area contributed by atoms with Crippen LogP contribution in [0.4, 0.5) is 0 Å². The normalized spacial score (nSPS) is 11.4. The van der Waals surface area contributed by atoms with Gasteiger partial charge in [0.05, 0.1) is 0 Å². The molecule has 106 valence electrons. The molecule has 0 amide bonds. The molecule has 0 aliphatic heterocycles. The first kappa shape index (κ1) is 18.3. The zero-order valence-corrected chi connectivity index (χ0v) is 15.6. The molecule has 18 heavy (non-hydrogen) atoms. The number of hydrogen-bond acceptors (Lipinski definition) is 1. The Balaban J connectivity index is 4.46. The first-order valence-electron chi connectivity index (χ1n) is 7.76. The van der Waals surface area contributed by atoms with Crippen molar-refractivity contribution in [1.82, 2.24) is 0 Å². The van der Waals surface area contributed by atoms with E-state index in [1.54, 1.807) is 0 Å². The van der Waals surface area contributed by atoms with E-state index in [0.717, 1.165) is 4.62 Å². The van der Waals surface area contributed by atoms with Gasteiger partial charge >= 0.3 is 119 Å². The summed E-state index contributed by atoms with van der Waals surface area (Å²) in [7, 11) is 0. The van der Waals surface area contributed by atoms with Crippen LogP contribution in [0.3, 0.4) is 0 Å². The van der Waals surface area contributed by atoms with Crippen LogP contribution in [0, 0.1) is 12.3 Å². The fourth-order valence-electron chi connectivity index (χ4n) is 2.57. The standard InChI is InChI=1S/C4H5O.3C4H9.Sn/c1-3-4-5-2;3*1-3-4-2;/h1H,2,4H2;3*1,3-4H2,2H3;. The fraction of sp³-hybridized carbons (Fsp3) is 0.875. The van der Waals surface area contributed by atoms with Crippen LogP contribution in [0.2, 0.25) is 13.3 Å². The molecule has 0 aliphatic rings. The van der Waals surface area contributed by atoms with Gasteiger partial charge in [-0.3, -0.25) is 0 Å². The van der Waals surface area contributed by atoms with Crippen LogP contribution in [0.1, 0.15) is 59.3 Å². The Morgan fingerprint density at radius 2 is 1.33 bits per heavy atom. The van der Waals surface area contributed by atoms with Crippen LogP contribution in [-0.4, -0.2) is 29.6 Å². The van der Waals surface area contributed by atoms with E-state index in [-0.39, 0.29) is 0 Å². The summed E-state index contributed by atoms with van der Waals surface area (Å²) in [6.07, 6.45) is 13.5. The molecule has 0 fully saturated rings. The summed E-state index contributed by atoms with van der Waals surface area (Å²) in [6, 6.07) is 0. The third kappa shape index (κ3) is 8.43. The topological polar surface area (TPSA) is 9.23 Å². The molecule has 0 saturated heterocycles. The molecule has 0 bridgehead atoms. The van der Waals surface area contributed by atoms with Crippen molar-refractivity contribution in [3.8, 4) is 12.3 Å². The molecule has 0 aliphatic carbocycles. The van der Waals surface area contributed by atoms with Gasteiger partial charge in [-0.15, -0.1) is 0 Å². The molecule has 0 saturated carbocycles. The second-order valence-corrected chi connectivity index (χ2v) is 19.2. The molecule has 2 heteroatoms. The fourth-order valence-corrected chi connectivity index (χ4v) is 16.9. The summed E-state index contributed by atoms with van der Waals surface area (Å²) >= 11 is -2.03. The zero-order valence-electron chi connectivity index (χ0n) is 12.8. The number of hydrogen-bond donors (Lipinski definition) is 0. The van der Waals surface area contributed by atoms with Crippen LogP contribution < -0.4 is 0 Å². The van der Waals surface area contributed by atoms with Gasteiger partial charge < -0.3 is 0 Å². The number of ether oxygens (including phenoxy) is 1. The van der Waals surface area contributed by atoms with Gasteiger partial charge in [-0.25, -0.2) is 0 Å². The van der Waals surface area contributed by atoms with Crippen LogP contribution in [0.15, 0.2) is 0 Å². The van der Waals surface area contributed by atoms with E-state index in [4.69, 9.17) is 11.2 Å². The second-order valence-electron chi connectivity index (χ2n) is 5.51. The Morgan fingerprint density at radius 3 is 1.67 bits per heavy atom. The minimum absolute atomic E-state index is 0.517. The van der Waals surface area contributed by atoms with Crippen LogP contribution in [0.25, 0.3) is 0 Å². The van der Waals surface area contributed by atoms with Gasteiger partial charge in [-0.05, 0) is 0 Å².